The molecule has 1 heterocycles. The van der Waals surface area contributed by atoms with Gasteiger partial charge in [-0.1, -0.05) is 84.1 Å². The van der Waals surface area contributed by atoms with Crippen molar-refractivity contribution in [2.75, 3.05) is 6.54 Å². The Morgan fingerprint density at radius 1 is 1.16 bits per heavy atom. The third kappa shape index (κ3) is 6.26. The van der Waals surface area contributed by atoms with E-state index in [9.17, 15) is 19.5 Å². The molecule has 0 aliphatic carbocycles. The van der Waals surface area contributed by atoms with E-state index in [-0.39, 0.29) is 25.3 Å². The molecule has 0 saturated carbocycles. The first-order chi connectivity index (χ1) is 14.8. The fourth-order valence-corrected chi connectivity index (χ4v) is 4.35. The number of carboxylic acids is 1. The molecule has 2 amide bonds. The Kier molecular flexibility index (Phi) is 7.59. The van der Waals surface area contributed by atoms with Crippen molar-refractivity contribution in [1.29, 1.82) is 0 Å². The van der Waals surface area contributed by atoms with Crippen molar-refractivity contribution in [3.05, 3.63) is 76.2 Å². The Balaban J connectivity index is 1.57. The Morgan fingerprint density at radius 2 is 1.84 bits per heavy atom. The maximum atomic E-state index is 12.7. The minimum Gasteiger partial charge on any atom is -0.480 e. The number of thiocarbonyl (C=S) groups is 1. The number of benzene rings is 2. The fourth-order valence-electron chi connectivity index (χ4n) is 3.04. The van der Waals surface area contributed by atoms with Gasteiger partial charge in [0.2, 0.25) is 5.91 Å². The lowest BCUT2D eigenvalue weighted by Crippen LogP contribution is -2.43. The third-order valence-electron chi connectivity index (χ3n) is 4.73. The minimum atomic E-state index is -1.11. The molecule has 0 aromatic heterocycles. The van der Waals surface area contributed by atoms with Crippen molar-refractivity contribution in [3.63, 3.8) is 0 Å². The van der Waals surface area contributed by atoms with Crippen LogP contribution in [0.1, 0.15) is 23.1 Å². The monoisotopic (exact) mass is 454 g/mol. The Labute approximate surface area is 190 Å². The molecule has 6 nitrogen and oxygen atoms in total. The summed E-state index contributed by atoms with van der Waals surface area (Å²) in [7, 11) is 0. The number of rotatable bonds is 8. The lowest BCUT2D eigenvalue weighted by atomic mass is 10.1. The summed E-state index contributed by atoms with van der Waals surface area (Å²) in [4.78, 5) is 38.5. The maximum Gasteiger partial charge on any atom is 0.326 e. The van der Waals surface area contributed by atoms with Crippen LogP contribution in [0, 0.1) is 6.92 Å². The zero-order valence-corrected chi connectivity index (χ0v) is 18.5. The van der Waals surface area contributed by atoms with E-state index >= 15 is 0 Å². The van der Waals surface area contributed by atoms with Crippen molar-refractivity contribution in [3.8, 4) is 0 Å². The predicted molar refractivity (Wildman–Crippen MR) is 125 cm³/mol. The molecule has 31 heavy (non-hydrogen) atoms. The van der Waals surface area contributed by atoms with Crippen LogP contribution in [0.2, 0.25) is 0 Å². The van der Waals surface area contributed by atoms with Crippen molar-refractivity contribution < 1.29 is 19.5 Å². The largest absolute Gasteiger partial charge is 0.480 e. The summed E-state index contributed by atoms with van der Waals surface area (Å²) in [6, 6.07) is 15.8. The summed E-state index contributed by atoms with van der Waals surface area (Å²) < 4.78 is 0.384. The lowest BCUT2D eigenvalue weighted by Gasteiger charge is -2.17. The molecule has 2 N–H and O–H groups in total. The van der Waals surface area contributed by atoms with Crippen LogP contribution in [0.15, 0.2) is 59.5 Å². The van der Waals surface area contributed by atoms with Crippen LogP contribution in [0.5, 0.6) is 0 Å². The molecule has 1 fully saturated rings. The molecule has 0 bridgehead atoms. The van der Waals surface area contributed by atoms with Gasteiger partial charge in [-0.15, -0.1) is 0 Å². The van der Waals surface area contributed by atoms with Gasteiger partial charge in [-0.3, -0.25) is 14.5 Å². The highest BCUT2D eigenvalue weighted by Crippen LogP contribution is 2.32. The van der Waals surface area contributed by atoms with E-state index in [2.05, 4.69) is 5.32 Å². The standard InChI is InChI=1S/C23H22N2O4S2/c1-15-7-9-17(10-8-15)14-19-21(27)25(23(30)31-19)12-11-20(26)24-18(22(28)29)13-16-5-3-2-4-6-16/h2-10,14,18H,11-13H2,1H3,(H,24,26)(H,28,29)/b19-14+/t18-/m0/s1. The molecule has 0 spiro atoms. The molecule has 1 aliphatic rings. The second kappa shape index (κ2) is 10.4. The number of aryl methyl sites for hydroxylation is 1. The maximum absolute atomic E-state index is 12.7. The average molecular weight is 455 g/mol. The van der Waals surface area contributed by atoms with Crippen molar-refractivity contribution in [2.45, 2.75) is 25.8 Å². The highest BCUT2D eigenvalue weighted by Gasteiger charge is 2.32. The number of carbonyl (C=O) groups is 3. The SMILES string of the molecule is Cc1ccc(/C=C2/SC(=S)N(CCC(=O)N[C@@H](Cc3ccccc3)C(=O)O)C2=O)cc1. The van der Waals surface area contributed by atoms with Crippen LogP contribution in [-0.2, 0) is 20.8 Å². The first-order valence-electron chi connectivity index (χ1n) is 9.71. The Hall–Kier alpha value is -2.97. The summed E-state index contributed by atoms with van der Waals surface area (Å²) in [5.41, 5.74) is 2.84. The summed E-state index contributed by atoms with van der Waals surface area (Å²) in [6.45, 7) is 2.09. The number of carbonyl (C=O) groups excluding carboxylic acids is 2. The number of nitrogens with one attached hydrogen (secondary N) is 1. The lowest BCUT2D eigenvalue weighted by molar-refractivity contribution is -0.141. The van der Waals surface area contributed by atoms with Crippen LogP contribution in [0.3, 0.4) is 0 Å². The highest BCUT2D eigenvalue weighted by atomic mass is 32.2. The van der Waals surface area contributed by atoms with E-state index in [0.717, 1.165) is 16.7 Å². The third-order valence-corrected chi connectivity index (χ3v) is 6.10. The molecule has 0 radical (unpaired) electrons. The second-order valence-electron chi connectivity index (χ2n) is 7.14. The van der Waals surface area contributed by atoms with Gasteiger partial charge in [-0.2, -0.15) is 0 Å². The molecular formula is C23H22N2O4S2. The number of thioether (sulfide) groups is 1. The van der Waals surface area contributed by atoms with Crippen LogP contribution >= 0.6 is 24.0 Å². The molecule has 1 aliphatic heterocycles. The minimum absolute atomic E-state index is 0.0389. The molecule has 1 atom stereocenters. The predicted octanol–water partition coefficient (Wildman–Crippen LogP) is 3.40. The smallest absolute Gasteiger partial charge is 0.326 e. The van der Waals surface area contributed by atoms with Crippen molar-refractivity contribution in [2.24, 2.45) is 0 Å². The Morgan fingerprint density at radius 3 is 2.48 bits per heavy atom. The molecule has 0 unspecified atom stereocenters. The molecular weight excluding hydrogens is 432 g/mol. The number of hydrogen-bond donors (Lipinski definition) is 2. The van der Waals surface area contributed by atoms with E-state index in [1.54, 1.807) is 6.08 Å². The van der Waals surface area contributed by atoms with Crippen LogP contribution in [0.25, 0.3) is 6.08 Å². The second-order valence-corrected chi connectivity index (χ2v) is 8.82. The Bertz CT molecular complexity index is 1020. The van der Waals surface area contributed by atoms with E-state index in [0.29, 0.717) is 9.23 Å². The van der Waals surface area contributed by atoms with Crippen LogP contribution in [0.4, 0.5) is 0 Å². The number of amides is 2. The van der Waals surface area contributed by atoms with Gasteiger partial charge >= 0.3 is 5.97 Å². The van der Waals surface area contributed by atoms with Gasteiger partial charge in [0.1, 0.15) is 10.4 Å². The van der Waals surface area contributed by atoms with Crippen LogP contribution in [-0.4, -0.2) is 44.7 Å². The van der Waals surface area contributed by atoms with Gasteiger partial charge in [0, 0.05) is 19.4 Å². The van der Waals surface area contributed by atoms with Gasteiger partial charge in [0.15, 0.2) is 0 Å². The summed E-state index contributed by atoms with van der Waals surface area (Å²) in [6.07, 6.45) is 1.92. The highest BCUT2D eigenvalue weighted by molar-refractivity contribution is 8.26. The quantitative estimate of drug-likeness (QED) is 0.470. The van der Waals surface area contributed by atoms with Crippen molar-refractivity contribution in [1.82, 2.24) is 10.2 Å². The zero-order valence-electron chi connectivity index (χ0n) is 16.9. The van der Waals surface area contributed by atoms with E-state index in [4.69, 9.17) is 12.2 Å². The van der Waals surface area contributed by atoms with Crippen LogP contribution < -0.4 is 5.32 Å². The molecule has 2 aromatic rings. The van der Waals surface area contributed by atoms with E-state index < -0.39 is 17.9 Å². The number of carboxylic acid groups (broad SMARTS) is 1. The zero-order chi connectivity index (χ0) is 22.4. The molecule has 2 aromatic carbocycles. The summed E-state index contributed by atoms with van der Waals surface area (Å²) >= 11 is 6.50. The topological polar surface area (TPSA) is 86.7 Å². The number of aliphatic carboxylic acids is 1. The van der Waals surface area contributed by atoms with E-state index in [1.807, 2.05) is 61.5 Å². The van der Waals surface area contributed by atoms with Gasteiger partial charge < -0.3 is 10.4 Å². The summed E-state index contributed by atoms with van der Waals surface area (Å²) in [5, 5.41) is 12.0. The average Bonchev–Trinajstić information content (AvgIpc) is 3.01. The van der Waals surface area contributed by atoms with Gasteiger partial charge in [-0.05, 0) is 24.1 Å². The molecule has 160 valence electrons. The first-order valence-corrected chi connectivity index (χ1v) is 10.9. The molecule has 8 heteroatoms. The number of hydrogen-bond acceptors (Lipinski definition) is 5. The van der Waals surface area contributed by atoms with Gasteiger partial charge in [0.05, 0.1) is 4.91 Å². The normalized spacial score (nSPS) is 15.9. The van der Waals surface area contributed by atoms with E-state index in [1.165, 1.54) is 16.7 Å². The fraction of sp³-hybridized carbons (Fsp3) is 0.217. The summed E-state index contributed by atoms with van der Waals surface area (Å²) in [5.74, 6) is -1.80. The first kappa shape index (κ1) is 22.7. The number of nitrogens with zero attached hydrogens (tertiary/aromatic N) is 1. The molecule has 3 rings (SSSR count). The van der Waals surface area contributed by atoms with Gasteiger partial charge in [0.25, 0.3) is 5.91 Å². The molecule has 1 saturated heterocycles. The van der Waals surface area contributed by atoms with Crippen molar-refractivity contribution >= 4 is 52.2 Å². The van der Waals surface area contributed by atoms with Gasteiger partial charge in [-0.25, -0.2) is 4.79 Å².